The van der Waals surface area contributed by atoms with Crippen molar-refractivity contribution in [2.24, 2.45) is 35.5 Å². The van der Waals surface area contributed by atoms with Crippen LogP contribution in [0.1, 0.15) is 80.1 Å². The molecule has 0 amide bonds. The molecule has 2 fully saturated rings. The minimum absolute atomic E-state index is 0. The van der Waals surface area contributed by atoms with E-state index >= 15 is 0 Å². The normalized spacial score (nSPS) is 24.4. The van der Waals surface area contributed by atoms with Gasteiger partial charge < -0.3 is 15.7 Å². The van der Waals surface area contributed by atoms with E-state index in [1.54, 1.807) is 0 Å². The molecular formula is C46H67Cl5O3P2Rh2+3. The number of aliphatic hydroxyl groups is 2. The molecule has 2 aliphatic rings. The van der Waals surface area contributed by atoms with Gasteiger partial charge in [0, 0.05) is 0 Å². The first-order valence-electron chi connectivity index (χ1n) is 20.0. The van der Waals surface area contributed by atoms with Gasteiger partial charge in [-0.2, -0.15) is 0 Å². The van der Waals surface area contributed by atoms with Gasteiger partial charge in [0.1, 0.15) is 11.2 Å². The first-order valence-corrected chi connectivity index (χ1v) is 34.1. The Kier molecular flexibility index (Phi) is 26.5. The maximum atomic E-state index is 11.8. The summed E-state index contributed by atoms with van der Waals surface area (Å²) < 4.78 is 0. The van der Waals surface area contributed by atoms with Crippen LogP contribution in [0, 0.1) is 45.2 Å². The topological polar surface area (TPSA) is 72.0 Å². The quantitative estimate of drug-likeness (QED) is 0.123. The van der Waals surface area contributed by atoms with Crippen molar-refractivity contribution in [3.63, 3.8) is 0 Å². The molecule has 2 saturated carbocycles. The Bertz CT molecular complexity index is 1450. The van der Waals surface area contributed by atoms with E-state index < -0.39 is 40.0 Å². The molecule has 0 bridgehead atoms. The molecule has 6 rings (SSSR count). The summed E-state index contributed by atoms with van der Waals surface area (Å²) in [6, 6.07) is 43.4. The van der Waals surface area contributed by atoms with E-state index in [-0.39, 0.29) is 20.6 Å². The summed E-state index contributed by atoms with van der Waals surface area (Å²) in [5, 5.41) is 29.2. The van der Waals surface area contributed by atoms with E-state index in [9.17, 15) is 10.2 Å². The first-order chi connectivity index (χ1) is 27.1. The van der Waals surface area contributed by atoms with Crippen LogP contribution in [-0.4, -0.2) is 39.2 Å². The number of rotatable bonds is 10. The summed E-state index contributed by atoms with van der Waals surface area (Å²) >= 11 is -1.77. The molecule has 329 valence electrons. The van der Waals surface area contributed by atoms with Gasteiger partial charge in [0.15, 0.2) is 0 Å². The van der Waals surface area contributed by atoms with Gasteiger partial charge in [-0.25, -0.2) is 0 Å². The molecule has 0 aliphatic heterocycles. The van der Waals surface area contributed by atoms with E-state index in [2.05, 4.69) is 173 Å². The van der Waals surface area contributed by atoms with Crippen LogP contribution in [-0.2, 0) is 28.1 Å². The number of benzene rings is 4. The molecule has 0 spiro atoms. The molecule has 0 radical (unpaired) electrons. The van der Waals surface area contributed by atoms with Crippen molar-refractivity contribution >= 4 is 75.8 Å². The zero-order valence-corrected chi connectivity index (χ0v) is 43.8. The van der Waals surface area contributed by atoms with Crippen molar-refractivity contribution in [3.8, 4) is 0 Å². The predicted octanol–water partition coefficient (Wildman–Crippen LogP) is 11.0. The van der Waals surface area contributed by atoms with Crippen LogP contribution in [0.15, 0.2) is 121 Å². The third-order valence-electron chi connectivity index (χ3n) is 11.8. The Hall–Kier alpha value is 0.317. The van der Waals surface area contributed by atoms with Crippen LogP contribution >= 0.6 is 54.6 Å². The zero-order valence-electron chi connectivity index (χ0n) is 34.6. The van der Waals surface area contributed by atoms with Crippen molar-refractivity contribution in [1.82, 2.24) is 0 Å². The Morgan fingerprint density at radius 2 is 0.810 bits per heavy atom. The zero-order chi connectivity index (χ0) is 42.0. The summed E-state index contributed by atoms with van der Waals surface area (Å²) in [7, 11) is 21.9. The Morgan fingerprint density at radius 3 is 1.02 bits per heavy atom. The maximum absolute atomic E-state index is 11.8. The van der Waals surface area contributed by atoms with Gasteiger partial charge in [0.05, 0.1) is 49.4 Å². The molecule has 4 aromatic rings. The Morgan fingerprint density at radius 1 is 0.586 bits per heavy atom. The number of hydrogen-bond donors (Lipinski definition) is 2. The van der Waals surface area contributed by atoms with Crippen LogP contribution in [0.3, 0.4) is 0 Å². The van der Waals surface area contributed by atoms with Gasteiger partial charge in [-0.05, 0) is 110 Å². The summed E-state index contributed by atoms with van der Waals surface area (Å²) in [4.78, 5) is 0. The fraction of sp³-hybridized carbons (Fsp3) is 0.478. The average Bonchev–Trinajstić information content (AvgIpc) is 3.17. The molecule has 4 N–H and O–H groups in total. The molecule has 0 heterocycles. The predicted molar refractivity (Wildman–Crippen MR) is 252 cm³/mol. The van der Waals surface area contributed by atoms with Crippen LogP contribution in [0.4, 0.5) is 0 Å². The molecule has 6 unspecified atom stereocenters. The summed E-state index contributed by atoms with van der Waals surface area (Å²) in [5.74, 6) is 3.14. The van der Waals surface area contributed by atoms with E-state index in [4.69, 9.17) is 38.8 Å². The summed E-state index contributed by atoms with van der Waals surface area (Å²) in [5.41, 5.74) is -1.07. The SMILES string of the molecule is CC1CCC(C(C)C)C(O)(C[PH+](c2ccccc2)c2ccccc2)C1.CC1CCC(C(C)C)C(O)(C[PH+](c2ccccc2)c2ccccc2)C1.O.[Cl][Rh]([Cl])[ClH+].[Cl][Rh][Cl]. The fourth-order valence-electron chi connectivity index (χ4n) is 9.40. The van der Waals surface area contributed by atoms with Gasteiger partial charge in [-0.1, -0.05) is 127 Å². The molecule has 6 atom stereocenters. The monoisotopic (exact) mass is 1110 g/mol. The Balaban J connectivity index is 0.000000340. The van der Waals surface area contributed by atoms with Crippen LogP contribution in [0.2, 0.25) is 0 Å². The van der Waals surface area contributed by atoms with Gasteiger partial charge in [0.2, 0.25) is 0 Å². The van der Waals surface area contributed by atoms with Gasteiger partial charge in [-0.3, -0.25) is 0 Å². The molecule has 12 heteroatoms. The molecule has 4 aromatic carbocycles. The van der Waals surface area contributed by atoms with Crippen molar-refractivity contribution < 1.29 is 53.5 Å². The van der Waals surface area contributed by atoms with Crippen molar-refractivity contribution in [2.75, 3.05) is 12.3 Å². The third kappa shape index (κ3) is 17.8. The standard InChI is InChI=1S/2C23H31OP.5ClH.H2O.2Rh/c2*1-18(2)22-15-14-19(3)16-23(22,24)17-25(20-10-6-4-7-11-20)21-12-8-5-9-13-21;;;;;;;;/h2*4-13,18-19,22,24H,14-17H2,1-3H3;5*1H;1H2;;/q;;;;;;;;+2;+3/p-2. The van der Waals surface area contributed by atoms with E-state index in [1.165, 1.54) is 34.1 Å². The van der Waals surface area contributed by atoms with Gasteiger partial charge >= 0.3 is 76.6 Å². The van der Waals surface area contributed by atoms with Crippen LogP contribution in [0.25, 0.3) is 0 Å². The fourth-order valence-corrected chi connectivity index (χ4v) is 15.3. The summed E-state index contributed by atoms with van der Waals surface area (Å²) in [6.07, 6.45) is 8.56. The average molecular weight is 1110 g/mol. The van der Waals surface area contributed by atoms with Crippen molar-refractivity contribution in [1.29, 1.82) is 0 Å². The van der Waals surface area contributed by atoms with E-state index in [1.807, 2.05) is 0 Å². The van der Waals surface area contributed by atoms with Crippen molar-refractivity contribution in [3.05, 3.63) is 121 Å². The van der Waals surface area contributed by atoms with Crippen molar-refractivity contribution in [2.45, 2.75) is 91.3 Å². The number of halogens is 5. The summed E-state index contributed by atoms with van der Waals surface area (Å²) in [6.45, 7) is 13.7. The molecule has 0 saturated heterocycles. The second-order valence-corrected chi connectivity index (χ2v) is 31.9. The third-order valence-corrected chi connectivity index (χ3v) is 17.8. The molecule has 58 heavy (non-hydrogen) atoms. The Labute approximate surface area is 386 Å². The molecular weight excluding hydrogens is 1050 g/mol. The van der Waals surface area contributed by atoms with Gasteiger partial charge in [0.25, 0.3) is 0 Å². The first kappa shape index (κ1) is 54.5. The van der Waals surface area contributed by atoms with Crippen LogP contribution in [0.5, 0.6) is 0 Å². The number of hydrogen-bond acceptors (Lipinski definition) is 2. The molecule has 0 aromatic heterocycles. The second-order valence-electron chi connectivity index (χ2n) is 16.7. The van der Waals surface area contributed by atoms with E-state index in [0.717, 1.165) is 38.0 Å². The molecule has 3 nitrogen and oxygen atoms in total. The van der Waals surface area contributed by atoms with Crippen LogP contribution < -0.4 is 21.2 Å². The van der Waals surface area contributed by atoms with E-state index in [0.29, 0.717) is 35.5 Å². The second kappa shape index (κ2) is 28.2. The molecule has 2 aliphatic carbocycles. The minimum atomic E-state index is -1.55. The van der Waals surface area contributed by atoms with Gasteiger partial charge in [-0.15, -0.1) is 0 Å².